The van der Waals surface area contributed by atoms with Crippen LogP contribution >= 0.6 is 0 Å². The number of aliphatic hydroxyl groups excluding tert-OH is 1. The highest BCUT2D eigenvalue weighted by Crippen LogP contribution is 2.00. The predicted molar refractivity (Wildman–Crippen MR) is 62.9 cm³/mol. The van der Waals surface area contributed by atoms with Crippen molar-refractivity contribution in [3.05, 3.63) is 0 Å². The van der Waals surface area contributed by atoms with E-state index in [4.69, 9.17) is 9.84 Å². The van der Waals surface area contributed by atoms with Crippen LogP contribution in [-0.2, 0) is 14.8 Å². The minimum atomic E-state index is -3.30. The third-order valence-electron chi connectivity index (χ3n) is 2.07. The summed E-state index contributed by atoms with van der Waals surface area (Å²) in [5.41, 5.74) is 0. The molecule has 0 amide bonds. The van der Waals surface area contributed by atoms with Crippen molar-refractivity contribution in [3.63, 3.8) is 0 Å². The maximum Gasteiger partial charge on any atom is 0.215 e. The molecule has 0 aromatic rings. The number of sulfonamides is 1. The molecule has 0 heterocycles. The van der Waals surface area contributed by atoms with Crippen LogP contribution in [0.2, 0.25) is 0 Å². The summed E-state index contributed by atoms with van der Waals surface area (Å²) >= 11 is 0. The van der Waals surface area contributed by atoms with Crippen LogP contribution in [0.1, 0.15) is 6.92 Å². The molecule has 0 saturated carbocycles. The van der Waals surface area contributed by atoms with Crippen molar-refractivity contribution in [2.24, 2.45) is 0 Å². The van der Waals surface area contributed by atoms with Crippen molar-refractivity contribution in [2.45, 2.75) is 6.92 Å². The fourth-order valence-corrected chi connectivity index (χ4v) is 2.57. The zero-order chi connectivity index (χ0) is 12.4. The lowest BCUT2D eigenvalue weighted by molar-refractivity contribution is 0.168. The van der Waals surface area contributed by atoms with Gasteiger partial charge in [0.25, 0.3) is 0 Å². The molecule has 7 heteroatoms. The molecule has 0 unspecified atom stereocenters. The molecule has 16 heavy (non-hydrogen) atoms. The third kappa shape index (κ3) is 6.39. The van der Waals surface area contributed by atoms with Gasteiger partial charge < -0.3 is 15.2 Å². The van der Waals surface area contributed by atoms with E-state index in [-0.39, 0.29) is 25.4 Å². The Labute approximate surface area is 97.6 Å². The van der Waals surface area contributed by atoms with E-state index in [2.05, 4.69) is 5.32 Å². The molecule has 0 aliphatic rings. The Morgan fingerprint density at radius 3 is 2.56 bits per heavy atom. The molecule has 0 saturated heterocycles. The minimum Gasteiger partial charge on any atom is -0.395 e. The molecule has 0 rings (SSSR count). The van der Waals surface area contributed by atoms with E-state index in [0.717, 1.165) is 6.54 Å². The SMILES string of the molecule is CCNCCS(=O)(=O)N(CCO)CCOC. The second kappa shape index (κ2) is 8.89. The molecule has 0 fully saturated rings. The van der Waals surface area contributed by atoms with Gasteiger partial charge in [-0.15, -0.1) is 0 Å². The van der Waals surface area contributed by atoms with Gasteiger partial charge in [-0.05, 0) is 6.54 Å². The summed E-state index contributed by atoms with van der Waals surface area (Å²) in [5.74, 6) is 0.0462. The van der Waals surface area contributed by atoms with E-state index >= 15 is 0 Å². The smallest absolute Gasteiger partial charge is 0.215 e. The zero-order valence-electron chi connectivity index (χ0n) is 9.98. The Morgan fingerprint density at radius 1 is 1.38 bits per heavy atom. The normalized spacial score (nSPS) is 12.2. The van der Waals surface area contributed by atoms with Crippen LogP contribution in [0.4, 0.5) is 0 Å². The fraction of sp³-hybridized carbons (Fsp3) is 1.00. The molecule has 0 radical (unpaired) electrons. The van der Waals surface area contributed by atoms with Crippen molar-refractivity contribution >= 4 is 10.0 Å². The average Bonchev–Trinajstić information content (AvgIpc) is 2.24. The first-order valence-electron chi connectivity index (χ1n) is 5.36. The van der Waals surface area contributed by atoms with Gasteiger partial charge in [0, 0.05) is 26.7 Å². The lowest BCUT2D eigenvalue weighted by Gasteiger charge is -2.20. The first-order valence-corrected chi connectivity index (χ1v) is 6.97. The first kappa shape index (κ1) is 15.8. The molecule has 0 aromatic heterocycles. The highest BCUT2D eigenvalue weighted by atomic mass is 32.2. The Kier molecular flexibility index (Phi) is 8.77. The number of hydrogen-bond donors (Lipinski definition) is 2. The van der Waals surface area contributed by atoms with Gasteiger partial charge in [0.1, 0.15) is 0 Å². The van der Waals surface area contributed by atoms with Crippen molar-refractivity contribution in [1.29, 1.82) is 0 Å². The lowest BCUT2D eigenvalue weighted by atomic mass is 10.6. The van der Waals surface area contributed by atoms with Gasteiger partial charge >= 0.3 is 0 Å². The van der Waals surface area contributed by atoms with Crippen LogP contribution in [0.3, 0.4) is 0 Å². The Bertz CT molecular complexity index is 256. The summed E-state index contributed by atoms with van der Waals surface area (Å²) in [6.07, 6.45) is 0. The Morgan fingerprint density at radius 2 is 2.06 bits per heavy atom. The summed E-state index contributed by atoms with van der Waals surface area (Å²) in [7, 11) is -1.78. The minimum absolute atomic E-state index is 0.0462. The second-order valence-electron chi connectivity index (χ2n) is 3.29. The number of nitrogens with one attached hydrogen (secondary N) is 1. The first-order chi connectivity index (χ1) is 7.58. The summed E-state index contributed by atoms with van der Waals surface area (Å²) in [4.78, 5) is 0. The fourth-order valence-electron chi connectivity index (χ4n) is 1.20. The summed E-state index contributed by atoms with van der Waals surface area (Å²) in [6.45, 7) is 3.65. The predicted octanol–water partition coefficient (Wildman–Crippen LogP) is -1.13. The second-order valence-corrected chi connectivity index (χ2v) is 5.37. The monoisotopic (exact) mass is 254 g/mol. The highest BCUT2D eigenvalue weighted by Gasteiger charge is 2.20. The number of ether oxygens (including phenoxy) is 1. The van der Waals surface area contributed by atoms with E-state index in [9.17, 15) is 8.42 Å². The standard InChI is InChI=1S/C9H22N2O4S/c1-3-10-4-9-16(13,14)11(5-7-12)6-8-15-2/h10,12H,3-9H2,1-2H3. The topological polar surface area (TPSA) is 78.9 Å². The Hall–Kier alpha value is -0.210. The highest BCUT2D eigenvalue weighted by molar-refractivity contribution is 7.89. The molecular weight excluding hydrogens is 232 g/mol. The summed E-state index contributed by atoms with van der Waals surface area (Å²) < 4.78 is 29.7. The average molecular weight is 254 g/mol. The van der Waals surface area contributed by atoms with Crippen LogP contribution in [0.5, 0.6) is 0 Å². The molecule has 0 aliphatic carbocycles. The van der Waals surface area contributed by atoms with Crippen LogP contribution in [-0.4, -0.2) is 70.1 Å². The number of nitrogens with zero attached hydrogens (tertiary/aromatic N) is 1. The lowest BCUT2D eigenvalue weighted by Crippen LogP contribution is -2.39. The van der Waals surface area contributed by atoms with E-state index in [1.807, 2.05) is 6.92 Å². The molecular formula is C9H22N2O4S. The number of rotatable bonds is 10. The van der Waals surface area contributed by atoms with Crippen molar-refractivity contribution in [1.82, 2.24) is 9.62 Å². The zero-order valence-corrected chi connectivity index (χ0v) is 10.8. The molecule has 0 aromatic carbocycles. The molecule has 0 atom stereocenters. The van der Waals surface area contributed by atoms with Gasteiger partial charge in [0.15, 0.2) is 0 Å². The maximum absolute atomic E-state index is 11.8. The van der Waals surface area contributed by atoms with Crippen LogP contribution in [0, 0.1) is 0 Å². The molecule has 0 aliphatic heterocycles. The van der Waals surface area contributed by atoms with Crippen LogP contribution < -0.4 is 5.32 Å². The van der Waals surface area contributed by atoms with Gasteiger partial charge in [-0.2, -0.15) is 4.31 Å². The number of hydrogen-bond acceptors (Lipinski definition) is 5. The summed E-state index contributed by atoms with van der Waals surface area (Å²) in [5, 5.41) is 11.8. The van der Waals surface area contributed by atoms with E-state index in [1.165, 1.54) is 11.4 Å². The van der Waals surface area contributed by atoms with E-state index < -0.39 is 10.0 Å². The van der Waals surface area contributed by atoms with E-state index in [1.54, 1.807) is 0 Å². The van der Waals surface area contributed by atoms with Crippen LogP contribution in [0.15, 0.2) is 0 Å². The van der Waals surface area contributed by atoms with Gasteiger partial charge in [0.05, 0.1) is 19.0 Å². The van der Waals surface area contributed by atoms with Gasteiger partial charge in [0.2, 0.25) is 10.0 Å². The van der Waals surface area contributed by atoms with Crippen molar-refractivity contribution in [2.75, 3.05) is 52.3 Å². The molecule has 0 spiro atoms. The molecule has 6 nitrogen and oxygen atoms in total. The largest absolute Gasteiger partial charge is 0.395 e. The quantitative estimate of drug-likeness (QED) is 0.482. The van der Waals surface area contributed by atoms with Gasteiger partial charge in [-0.3, -0.25) is 0 Å². The summed E-state index contributed by atoms with van der Waals surface area (Å²) in [6, 6.07) is 0. The number of aliphatic hydroxyl groups is 1. The van der Waals surface area contributed by atoms with Crippen molar-refractivity contribution < 1.29 is 18.3 Å². The van der Waals surface area contributed by atoms with Gasteiger partial charge in [-0.25, -0.2) is 8.42 Å². The molecule has 0 bridgehead atoms. The van der Waals surface area contributed by atoms with Crippen LogP contribution in [0.25, 0.3) is 0 Å². The van der Waals surface area contributed by atoms with Crippen molar-refractivity contribution in [3.8, 4) is 0 Å². The third-order valence-corrected chi connectivity index (χ3v) is 3.95. The van der Waals surface area contributed by atoms with Gasteiger partial charge in [-0.1, -0.05) is 6.92 Å². The Balaban J connectivity index is 4.25. The maximum atomic E-state index is 11.8. The molecule has 98 valence electrons. The number of methoxy groups -OCH3 is 1. The molecule has 2 N–H and O–H groups in total. The van der Waals surface area contributed by atoms with E-state index in [0.29, 0.717) is 13.2 Å².